The normalized spacial score (nSPS) is 11.8. The molecule has 4 aromatic rings. The van der Waals surface area contributed by atoms with Crippen molar-refractivity contribution in [2.24, 2.45) is 0 Å². The fourth-order valence-electron chi connectivity index (χ4n) is 4.07. The molecule has 2 heterocycles. The standard InChI is InChI=1S/C27H29N5O3/c1-19(13-21-9-6-11-28-16-21)30-27(34)23-14-22(31-25(33)17-35-2)15-24-26(23)32(18-29-24)12-10-20-7-4-3-5-8-20/h3-9,11,14-16,18-19H,10,12-13,17H2,1-2H3,(H,30,34)(H,31,33)/t19-/m0/s1. The number of ether oxygens (including phenoxy) is 1. The van der Waals surface area contributed by atoms with Gasteiger partial charge in [0.15, 0.2) is 0 Å². The average Bonchev–Trinajstić information content (AvgIpc) is 3.26. The van der Waals surface area contributed by atoms with Crippen LogP contribution in [-0.4, -0.2) is 46.1 Å². The van der Waals surface area contributed by atoms with Gasteiger partial charge in [0.25, 0.3) is 5.91 Å². The molecule has 0 radical (unpaired) electrons. The molecule has 0 fully saturated rings. The van der Waals surface area contributed by atoms with Crippen LogP contribution in [0, 0.1) is 0 Å². The van der Waals surface area contributed by atoms with E-state index in [4.69, 9.17) is 4.74 Å². The van der Waals surface area contributed by atoms with E-state index in [1.54, 1.807) is 30.9 Å². The fourth-order valence-corrected chi connectivity index (χ4v) is 4.07. The number of carbonyl (C=O) groups is 2. The number of benzene rings is 2. The van der Waals surface area contributed by atoms with Gasteiger partial charge in [-0.25, -0.2) is 4.98 Å². The van der Waals surface area contributed by atoms with Gasteiger partial charge in [0.2, 0.25) is 5.91 Å². The largest absolute Gasteiger partial charge is 0.375 e. The van der Waals surface area contributed by atoms with Gasteiger partial charge in [-0.3, -0.25) is 14.6 Å². The summed E-state index contributed by atoms with van der Waals surface area (Å²) >= 11 is 0. The number of amides is 2. The van der Waals surface area contributed by atoms with Gasteiger partial charge in [-0.2, -0.15) is 0 Å². The highest BCUT2D eigenvalue weighted by molar-refractivity contribution is 6.07. The molecule has 0 spiro atoms. The third-order valence-corrected chi connectivity index (χ3v) is 5.64. The summed E-state index contributed by atoms with van der Waals surface area (Å²) in [5.74, 6) is -0.526. The van der Waals surface area contributed by atoms with E-state index in [9.17, 15) is 9.59 Å². The van der Waals surface area contributed by atoms with Crippen molar-refractivity contribution in [3.63, 3.8) is 0 Å². The zero-order valence-corrected chi connectivity index (χ0v) is 19.9. The predicted octanol–water partition coefficient (Wildman–Crippen LogP) is 3.62. The van der Waals surface area contributed by atoms with Crippen LogP contribution in [0.4, 0.5) is 5.69 Å². The number of rotatable bonds is 10. The molecule has 2 aromatic heterocycles. The third kappa shape index (κ3) is 6.30. The van der Waals surface area contributed by atoms with Crippen molar-refractivity contribution < 1.29 is 14.3 Å². The highest BCUT2D eigenvalue weighted by atomic mass is 16.5. The first kappa shape index (κ1) is 24.1. The Labute approximate surface area is 204 Å². The number of hydrogen-bond acceptors (Lipinski definition) is 5. The van der Waals surface area contributed by atoms with E-state index >= 15 is 0 Å². The molecule has 180 valence electrons. The maximum absolute atomic E-state index is 13.4. The number of hydrogen-bond donors (Lipinski definition) is 2. The van der Waals surface area contributed by atoms with E-state index in [1.165, 1.54) is 12.7 Å². The van der Waals surface area contributed by atoms with Gasteiger partial charge in [0, 0.05) is 37.8 Å². The first-order chi connectivity index (χ1) is 17.0. The minimum atomic E-state index is -0.299. The molecule has 0 aliphatic heterocycles. The third-order valence-electron chi connectivity index (χ3n) is 5.64. The van der Waals surface area contributed by atoms with Crippen LogP contribution < -0.4 is 10.6 Å². The molecular formula is C27H29N5O3. The topological polar surface area (TPSA) is 98.1 Å². The minimum Gasteiger partial charge on any atom is -0.375 e. The maximum atomic E-state index is 13.4. The molecule has 2 amide bonds. The van der Waals surface area contributed by atoms with Gasteiger partial charge >= 0.3 is 0 Å². The SMILES string of the molecule is COCC(=O)Nc1cc(C(=O)N[C@@H](C)Cc2cccnc2)c2c(c1)ncn2CCc1ccccc1. The highest BCUT2D eigenvalue weighted by Crippen LogP contribution is 2.24. The summed E-state index contributed by atoms with van der Waals surface area (Å²) in [6.07, 6.45) is 6.72. The summed E-state index contributed by atoms with van der Waals surface area (Å²) < 4.78 is 6.90. The van der Waals surface area contributed by atoms with E-state index in [0.717, 1.165) is 17.5 Å². The van der Waals surface area contributed by atoms with Crippen LogP contribution in [0.3, 0.4) is 0 Å². The van der Waals surface area contributed by atoms with Crippen LogP contribution >= 0.6 is 0 Å². The number of pyridine rings is 1. The number of nitrogens with zero attached hydrogens (tertiary/aromatic N) is 3. The molecular weight excluding hydrogens is 442 g/mol. The molecule has 0 bridgehead atoms. The van der Waals surface area contributed by atoms with E-state index in [0.29, 0.717) is 29.7 Å². The molecule has 0 aliphatic carbocycles. The summed E-state index contributed by atoms with van der Waals surface area (Å²) in [6, 6.07) is 17.4. The van der Waals surface area contributed by atoms with E-state index in [1.807, 2.05) is 41.8 Å². The van der Waals surface area contributed by atoms with Crippen molar-refractivity contribution in [1.29, 1.82) is 0 Å². The lowest BCUT2D eigenvalue weighted by molar-refractivity contribution is -0.119. The fraction of sp³-hybridized carbons (Fsp3) is 0.259. The Hall–Kier alpha value is -4.04. The lowest BCUT2D eigenvalue weighted by Crippen LogP contribution is -2.34. The Morgan fingerprint density at radius 3 is 2.63 bits per heavy atom. The number of anilines is 1. The Morgan fingerprint density at radius 1 is 1.09 bits per heavy atom. The average molecular weight is 472 g/mol. The quantitative estimate of drug-likeness (QED) is 0.368. The van der Waals surface area contributed by atoms with Gasteiger partial charge in [-0.15, -0.1) is 0 Å². The van der Waals surface area contributed by atoms with Crippen molar-refractivity contribution in [2.75, 3.05) is 19.0 Å². The number of aromatic nitrogens is 3. The van der Waals surface area contributed by atoms with Gasteiger partial charge in [0.1, 0.15) is 6.61 Å². The second-order valence-electron chi connectivity index (χ2n) is 8.49. The first-order valence-corrected chi connectivity index (χ1v) is 11.5. The van der Waals surface area contributed by atoms with Crippen LogP contribution in [0.1, 0.15) is 28.4 Å². The van der Waals surface area contributed by atoms with Crippen LogP contribution in [0.15, 0.2) is 73.3 Å². The van der Waals surface area contributed by atoms with Gasteiger partial charge < -0.3 is 19.9 Å². The number of nitrogens with one attached hydrogen (secondary N) is 2. The second kappa shape index (κ2) is 11.4. The van der Waals surface area contributed by atoms with E-state index < -0.39 is 0 Å². The lowest BCUT2D eigenvalue weighted by atomic mass is 10.1. The number of carbonyl (C=O) groups excluding carboxylic acids is 2. The second-order valence-corrected chi connectivity index (χ2v) is 8.49. The summed E-state index contributed by atoms with van der Waals surface area (Å²) in [7, 11) is 1.46. The van der Waals surface area contributed by atoms with Crippen LogP contribution in [0.5, 0.6) is 0 Å². The van der Waals surface area contributed by atoms with Crippen molar-refractivity contribution in [1.82, 2.24) is 19.9 Å². The Bertz CT molecular complexity index is 1290. The summed E-state index contributed by atoms with van der Waals surface area (Å²) in [5, 5.41) is 5.88. The number of imidazole rings is 1. The molecule has 0 unspecified atom stereocenters. The van der Waals surface area contributed by atoms with Crippen molar-refractivity contribution in [2.45, 2.75) is 32.4 Å². The molecule has 1 atom stereocenters. The van der Waals surface area contributed by atoms with Crippen molar-refractivity contribution in [3.8, 4) is 0 Å². The van der Waals surface area contributed by atoms with Gasteiger partial charge in [-0.1, -0.05) is 36.4 Å². The minimum absolute atomic E-state index is 0.0762. The Morgan fingerprint density at radius 2 is 1.89 bits per heavy atom. The zero-order valence-electron chi connectivity index (χ0n) is 19.9. The predicted molar refractivity (Wildman–Crippen MR) is 135 cm³/mol. The van der Waals surface area contributed by atoms with Crippen LogP contribution in [0.2, 0.25) is 0 Å². The molecule has 2 aromatic carbocycles. The van der Waals surface area contributed by atoms with E-state index in [-0.39, 0.29) is 24.5 Å². The molecule has 35 heavy (non-hydrogen) atoms. The smallest absolute Gasteiger partial charge is 0.253 e. The molecule has 8 heteroatoms. The lowest BCUT2D eigenvalue weighted by Gasteiger charge is -2.16. The first-order valence-electron chi connectivity index (χ1n) is 11.5. The number of fused-ring (bicyclic) bond motifs is 1. The molecule has 0 saturated heterocycles. The Kier molecular flexibility index (Phi) is 7.84. The number of methoxy groups -OCH3 is 1. The molecule has 0 aliphatic rings. The summed E-state index contributed by atoms with van der Waals surface area (Å²) in [5.41, 5.74) is 4.57. The van der Waals surface area contributed by atoms with Gasteiger partial charge in [0.05, 0.1) is 22.9 Å². The molecule has 4 rings (SSSR count). The highest BCUT2D eigenvalue weighted by Gasteiger charge is 2.19. The summed E-state index contributed by atoms with van der Waals surface area (Å²) in [4.78, 5) is 34.2. The van der Waals surface area contributed by atoms with Crippen molar-refractivity contribution >= 4 is 28.5 Å². The maximum Gasteiger partial charge on any atom is 0.253 e. The molecule has 8 nitrogen and oxygen atoms in total. The van der Waals surface area contributed by atoms with Gasteiger partial charge in [-0.05, 0) is 49.1 Å². The summed E-state index contributed by atoms with van der Waals surface area (Å²) in [6.45, 7) is 2.55. The number of aryl methyl sites for hydroxylation is 2. The van der Waals surface area contributed by atoms with Crippen molar-refractivity contribution in [3.05, 3.63) is 90.0 Å². The van der Waals surface area contributed by atoms with Crippen LogP contribution in [0.25, 0.3) is 11.0 Å². The monoisotopic (exact) mass is 471 g/mol. The zero-order chi connectivity index (χ0) is 24.6. The molecule has 2 N–H and O–H groups in total. The molecule has 0 saturated carbocycles. The van der Waals surface area contributed by atoms with Crippen LogP contribution in [-0.2, 0) is 28.9 Å². The Balaban J connectivity index is 1.62. The van der Waals surface area contributed by atoms with E-state index in [2.05, 4.69) is 32.7 Å².